The van der Waals surface area contributed by atoms with Crippen molar-refractivity contribution in [2.45, 2.75) is 263 Å². The molecular formula is C59H98O12. The van der Waals surface area contributed by atoms with E-state index >= 15 is 0 Å². The Labute approximate surface area is 429 Å². The number of allylic oxidation sites excluding steroid dienone is 12. The van der Waals surface area contributed by atoms with Gasteiger partial charge in [-0.3, -0.25) is 14.4 Å². The number of esters is 3. The lowest BCUT2D eigenvalue weighted by Gasteiger charge is -2.40. The van der Waals surface area contributed by atoms with Gasteiger partial charge >= 0.3 is 23.9 Å². The van der Waals surface area contributed by atoms with E-state index < -0.39 is 67.3 Å². The van der Waals surface area contributed by atoms with Crippen molar-refractivity contribution in [3.8, 4) is 0 Å². The molecule has 0 aliphatic carbocycles. The predicted octanol–water partition coefficient (Wildman–Crippen LogP) is 13.8. The van der Waals surface area contributed by atoms with Crippen LogP contribution in [0, 0.1) is 0 Å². The van der Waals surface area contributed by atoms with Gasteiger partial charge in [-0.05, 0) is 103 Å². The van der Waals surface area contributed by atoms with Gasteiger partial charge in [-0.2, -0.15) is 0 Å². The van der Waals surface area contributed by atoms with Gasteiger partial charge in [0.05, 0.1) is 6.61 Å². The van der Waals surface area contributed by atoms with E-state index in [0.717, 1.165) is 141 Å². The molecule has 0 aromatic carbocycles. The third-order valence-corrected chi connectivity index (χ3v) is 12.2. The molecule has 6 atom stereocenters. The van der Waals surface area contributed by atoms with Crippen LogP contribution in [0.25, 0.3) is 0 Å². The number of ether oxygens (including phenoxy) is 5. The summed E-state index contributed by atoms with van der Waals surface area (Å²) < 4.78 is 28.3. The highest BCUT2D eigenvalue weighted by molar-refractivity contribution is 5.74. The molecule has 6 unspecified atom stereocenters. The summed E-state index contributed by atoms with van der Waals surface area (Å²) in [5, 5.41) is 31.4. The van der Waals surface area contributed by atoms with Gasteiger partial charge in [0.25, 0.3) is 0 Å². The molecule has 0 amide bonds. The van der Waals surface area contributed by atoms with Gasteiger partial charge in [0.2, 0.25) is 0 Å². The normalized spacial score (nSPS) is 19.0. The zero-order valence-corrected chi connectivity index (χ0v) is 44.4. The number of rotatable bonds is 46. The number of aliphatic carboxylic acids is 1. The fraction of sp³-hybridized carbons (Fsp3) is 0.729. The van der Waals surface area contributed by atoms with Gasteiger partial charge in [0.15, 0.2) is 24.6 Å². The number of aliphatic hydroxyl groups is 2. The first kappa shape index (κ1) is 65.2. The fourth-order valence-corrected chi connectivity index (χ4v) is 7.94. The summed E-state index contributed by atoms with van der Waals surface area (Å²) >= 11 is 0. The Balaban J connectivity index is 2.74. The summed E-state index contributed by atoms with van der Waals surface area (Å²) in [6.45, 7) is 5.75. The number of hydrogen-bond acceptors (Lipinski definition) is 11. The Bertz CT molecular complexity index is 1510. The first-order valence-corrected chi connectivity index (χ1v) is 27.9. The van der Waals surface area contributed by atoms with Crippen LogP contribution in [0.1, 0.15) is 226 Å². The molecule has 0 saturated carbocycles. The molecular weight excluding hydrogens is 901 g/mol. The monoisotopic (exact) mass is 999 g/mol. The highest BCUT2D eigenvalue weighted by Crippen LogP contribution is 2.26. The summed E-state index contributed by atoms with van der Waals surface area (Å²) in [6.07, 6.45) is 45.9. The zero-order chi connectivity index (χ0) is 51.8. The molecule has 0 spiro atoms. The molecule has 0 bridgehead atoms. The Kier molecular flexibility index (Phi) is 43.3. The lowest BCUT2D eigenvalue weighted by atomic mass is 9.98. The Morgan fingerprint density at radius 1 is 0.479 bits per heavy atom. The number of carbonyl (C=O) groups excluding carboxylic acids is 3. The van der Waals surface area contributed by atoms with Crippen LogP contribution in [-0.4, -0.2) is 89.2 Å². The Hall–Kier alpha value is -3.84. The molecule has 71 heavy (non-hydrogen) atoms. The second-order valence-corrected chi connectivity index (χ2v) is 18.8. The summed E-state index contributed by atoms with van der Waals surface area (Å²) in [5.74, 6) is -3.17. The van der Waals surface area contributed by atoms with Crippen LogP contribution in [0.15, 0.2) is 72.9 Å². The Morgan fingerprint density at radius 3 is 1.42 bits per heavy atom. The molecule has 406 valence electrons. The minimum Gasteiger partial charge on any atom is -0.479 e. The first-order valence-electron chi connectivity index (χ1n) is 27.9. The van der Waals surface area contributed by atoms with Crippen LogP contribution in [-0.2, 0) is 42.9 Å². The van der Waals surface area contributed by atoms with Crippen LogP contribution in [0.4, 0.5) is 0 Å². The van der Waals surface area contributed by atoms with Crippen LogP contribution in [0.3, 0.4) is 0 Å². The highest BCUT2D eigenvalue weighted by atomic mass is 16.7. The predicted molar refractivity (Wildman–Crippen MR) is 285 cm³/mol. The molecule has 1 aliphatic heterocycles. The summed E-state index contributed by atoms with van der Waals surface area (Å²) in [7, 11) is 0. The third-order valence-electron chi connectivity index (χ3n) is 12.2. The van der Waals surface area contributed by atoms with Crippen molar-refractivity contribution in [3.63, 3.8) is 0 Å². The van der Waals surface area contributed by atoms with Crippen molar-refractivity contribution < 1.29 is 58.2 Å². The van der Waals surface area contributed by atoms with Crippen molar-refractivity contribution in [2.75, 3.05) is 13.2 Å². The quantitative estimate of drug-likeness (QED) is 0.0228. The van der Waals surface area contributed by atoms with Crippen molar-refractivity contribution >= 4 is 23.9 Å². The number of hydrogen-bond donors (Lipinski definition) is 3. The summed E-state index contributed by atoms with van der Waals surface area (Å²) in [6, 6.07) is 0. The number of carboxylic acids is 1. The number of carboxylic acid groups (broad SMARTS) is 1. The van der Waals surface area contributed by atoms with E-state index in [4.69, 9.17) is 23.7 Å². The maximum atomic E-state index is 13.1. The molecule has 0 radical (unpaired) electrons. The summed E-state index contributed by atoms with van der Waals surface area (Å²) in [4.78, 5) is 51.0. The second kappa shape index (κ2) is 47.2. The summed E-state index contributed by atoms with van der Waals surface area (Å²) in [5.41, 5.74) is 0. The van der Waals surface area contributed by atoms with E-state index in [1.807, 2.05) is 0 Å². The molecule has 1 fully saturated rings. The van der Waals surface area contributed by atoms with Gasteiger partial charge < -0.3 is 39.0 Å². The average molecular weight is 999 g/mol. The number of carbonyl (C=O) groups is 4. The zero-order valence-electron chi connectivity index (χ0n) is 44.4. The van der Waals surface area contributed by atoms with Gasteiger partial charge in [0, 0.05) is 19.3 Å². The van der Waals surface area contributed by atoms with Crippen LogP contribution < -0.4 is 0 Å². The van der Waals surface area contributed by atoms with Crippen LogP contribution >= 0.6 is 0 Å². The largest absolute Gasteiger partial charge is 0.479 e. The van der Waals surface area contributed by atoms with Gasteiger partial charge in [-0.25, -0.2) is 4.79 Å². The molecule has 1 rings (SSSR count). The molecule has 1 heterocycles. The Morgan fingerprint density at radius 2 is 0.915 bits per heavy atom. The second-order valence-electron chi connectivity index (χ2n) is 18.8. The fourth-order valence-electron chi connectivity index (χ4n) is 7.94. The number of unbranched alkanes of at least 4 members (excludes halogenated alkanes) is 20. The smallest absolute Gasteiger partial charge is 0.335 e. The minimum atomic E-state index is -1.91. The molecule has 0 aromatic heterocycles. The molecule has 3 N–H and O–H groups in total. The van der Waals surface area contributed by atoms with Gasteiger partial charge in [-0.1, -0.05) is 177 Å². The maximum Gasteiger partial charge on any atom is 0.335 e. The average Bonchev–Trinajstić information content (AvgIpc) is 3.35. The van der Waals surface area contributed by atoms with Crippen molar-refractivity contribution in [2.24, 2.45) is 0 Å². The minimum absolute atomic E-state index is 0.0451. The van der Waals surface area contributed by atoms with Gasteiger partial charge in [-0.15, -0.1) is 0 Å². The van der Waals surface area contributed by atoms with E-state index in [1.54, 1.807) is 0 Å². The van der Waals surface area contributed by atoms with E-state index in [2.05, 4.69) is 93.7 Å². The third kappa shape index (κ3) is 37.6. The van der Waals surface area contributed by atoms with E-state index in [1.165, 1.54) is 25.7 Å². The standard InChI is InChI=1S/C59H98O12/c1-4-7-10-13-16-19-22-25-26-29-30-33-36-39-42-45-51(60)67-48-50(69-52(61)46-43-40-37-34-31-27-23-20-17-14-11-8-5-2)49-68-59-57(55(64)54(63)56(71-59)58(65)66)70-53(62)47-44-41-38-35-32-28-24-21-18-15-12-9-6-3/h7,10-11,14,16,19-21,23-26,50,54-57,59,63-64H,4-6,8-9,12-13,15,17-18,22,27-49H2,1-3H3,(H,65,66)/b10-7-,14-11-,19-16-,23-20-,24-21-,26-25-. The lowest BCUT2D eigenvalue weighted by molar-refractivity contribution is -0.301. The topological polar surface area (TPSA) is 175 Å². The lowest BCUT2D eigenvalue weighted by Crippen LogP contribution is -2.61. The van der Waals surface area contributed by atoms with Crippen molar-refractivity contribution in [1.82, 2.24) is 0 Å². The highest BCUT2D eigenvalue weighted by Gasteiger charge is 2.50. The molecule has 0 aromatic rings. The molecule has 1 aliphatic rings. The van der Waals surface area contributed by atoms with Crippen LogP contribution in [0.2, 0.25) is 0 Å². The van der Waals surface area contributed by atoms with Crippen molar-refractivity contribution in [1.29, 1.82) is 0 Å². The molecule has 1 saturated heterocycles. The first-order chi connectivity index (χ1) is 34.6. The van der Waals surface area contributed by atoms with Gasteiger partial charge in [0.1, 0.15) is 18.8 Å². The SMILES string of the molecule is CC/C=C\C/C=C\C/C=C\CCCCCCCC(=O)OCC(COC1OC(C(=O)O)C(O)C(O)C1OC(=O)CCCCCCC/C=C\CCCCCC)OC(=O)CCCCCCC/C=C\C/C=C\CCC. The van der Waals surface area contributed by atoms with Crippen LogP contribution in [0.5, 0.6) is 0 Å². The maximum absolute atomic E-state index is 13.1. The van der Waals surface area contributed by atoms with E-state index in [-0.39, 0.29) is 25.9 Å². The number of aliphatic hydroxyl groups excluding tert-OH is 2. The van der Waals surface area contributed by atoms with E-state index in [0.29, 0.717) is 19.3 Å². The van der Waals surface area contributed by atoms with E-state index in [9.17, 15) is 34.5 Å². The molecule has 12 nitrogen and oxygen atoms in total. The molecule has 12 heteroatoms. The van der Waals surface area contributed by atoms with Crippen molar-refractivity contribution in [3.05, 3.63) is 72.9 Å².